The Hall–Kier alpha value is -1.00. The summed E-state index contributed by atoms with van der Waals surface area (Å²) in [5.74, 6) is 1.64. The lowest BCUT2D eigenvalue weighted by atomic mass is 9.94. The summed E-state index contributed by atoms with van der Waals surface area (Å²) < 4.78 is 0. The van der Waals surface area contributed by atoms with Crippen LogP contribution >= 0.6 is 11.8 Å². The Kier molecular flexibility index (Phi) is 7.26. The number of carbonyl (C=O) groups excluding carboxylic acids is 1. The zero-order chi connectivity index (χ0) is 15.9. The number of hydrogen-bond donors (Lipinski definition) is 2. The summed E-state index contributed by atoms with van der Waals surface area (Å²) in [6.45, 7) is 8.27. The van der Waals surface area contributed by atoms with Crippen LogP contribution in [0.15, 0.2) is 24.3 Å². The molecule has 0 saturated heterocycles. The SMILES string of the molecule is Cc1ccc(CSCC(=O)NCC(C)(O)CC(C)C)cc1. The van der Waals surface area contributed by atoms with Crippen molar-refractivity contribution < 1.29 is 9.90 Å². The van der Waals surface area contributed by atoms with Gasteiger partial charge in [0.2, 0.25) is 5.91 Å². The van der Waals surface area contributed by atoms with Crippen molar-refractivity contribution in [1.82, 2.24) is 5.32 Å². The summed E-state index contributed by atoms with van der Waals surface area (Å²) >= 11 is 1.59. The predicted molar refractivity (Wildman–Crippen MR) is 90.4 cm³/mol. The lowest BCUT2D eigenvalue weighted by Gasteiger charge is -2.25. The first-order chi connectivity index (χ1) is 9.78. The fourth-order valence-electron chi connectivity index (χ4n) is 2.24. The van der Waals surface area contributed by atoms with Gasteiger partial charge in [0, 0.05) is 12.3 Å². The molecule has 1 atom stereocenters. The van der Waals surface area contributed by atoms with Gasteiger partial charge < -0.3 is 10.4 Å². The van der Waals surface area contributed by atoms with Crippen LogP contribution in [0.2, 0.25) is 0 Å². The highest BCUT2D eigenvalue weighted by molar-refractivity contribution is 7.99. The van der Waals surface area contributed by atoms with Crippen LogP contribution in [0.3, 0.4) is 0 Å². The molecule has 1 aromatic carbocycles. The Bertz CT molecular complexity index is 441. The van der Waals surface area contributed by atoms with Gasteiger partial charge in [0.15, 0.2) is 0 Å². The van der Waals surface area contributed by atoms with E-state index in [9.17, 15) is 9.90 Å². The second-order valence-corrected chi connectivity index (χ2v) is 7.34. The van der Waals surface area contributed by atoms with Crippen molar-refractivity contribution in [3.05, 3.63) is 35.4 Å². The molecule has 2 N–H and O–H groups in total. The summed E-state index contributed by atoms with van der Waals surface area (Å²) in [4.78, 5) is 11.8. The van der Waals surface area contributed by atoms with Crippen molar-refractivity contribution in [1.29, 1.82) is 0 Å². The Morgan fingerprint density at radius 2 is 1.95 bits per heavy atom. The highest BCUT2D eigenvalue weighted by atomic mass is 32.2. The first-order valence-corrected chi connectivity index (χ1v) is 8.56. The standard InChI is InChI=1S/C17H27NO2S/c1-13(2)9-17(4,20)12-18-16(19)11-21-10-15-7-5-14(3)6-8-15/h5-8,13,20H,9-12H2,1-4H3,(H,18,19). The smallest absolute Gasteiger partial charge is 0.230 e. The van der Waals surface area contributed by atoms with Gasteiger partial charge in [0.05, 0.1) is 11.4 Å². The van der Waals surface area contributed by atoms with E-state index in [1.54, 1.807) is 18.7 Å². The van der Waals surface area contributed by atoms with Gasteiger partial charge in [0.25, 0.3) is 0 Å². The van der Waals surface area contributed by atoms with E-state index in [0.29, 0.717) is 24.6 Å². The molecule has 0 heterocycles. The van der Waals surface area contributed by atoms with E-state index >= 15 is 0 Å². The largest absolute Gasteiger partial charge is 0.388 e. The van der Waals surface area contributed by atoms with E-state index in [1.807, 2.05) is 0 Å². The van der Waals surface area contributed by atoms with Crippen molar-refractivity contribution in [2.45, 2.75) is 45.5 Å². The van der Waals surface area contributed by atoms with E-state index in [2.05, 4.69) is 50.4 Å². The molecule has 4 heteroatoms. The lowest BCUT2D eigenvalue weighted by Crippen LogP contribution is -2.42. The van der Waals surface area contributed by atoms with Crippen LogP contribution < -0.4 is 5.32 Å². The van der Waals surface area contributed by atoms with Gasteiger partial charge in [-0.1, -0.05) is 43.7 Å². The van der Waals surface area contributed by atoms with E-state index < -0.39 is 5.60 Å². The van der Waals surface area contributed by atoms with Gasteiger partial charge >= 0.3 is 0 Å². The minimum atomic E-state index is -0.828. The topological polar surface area (TPSA) is 49.3 Å². The molecule has 1 rings (SSSR count). The van der Waals surface area contributed by atoms with Gasteiger partial charge in [-0.15, -0.1) is 11.8 Å². The van der Waals surface area contributed by atoms with Crippen molar-refractivity contribution >= 4 is 17.7 Å². The van der Waals surface area contributed by atoms with Gasteiger partial charge in [-0.3, -0.25) is 4.79 Å². The molecule has 0 aromatic heterocycles. The number of nitrogens with one attached hydrogen (secondary N) is 1. The first kappa shape index (κ1) is 18.1. The van der Waals surface area contributed by atoms with Gasteiger partial charge in [0.1, 0.15) is 0 Å². The van der Waals surface area contributed by atoms with Crippen LogP contribution in [0.25, 0.3) is 0 Å². The lowest BCUT2D eigenvalue weighted by molar-refractivity contribution is -0.119. The molecule has 0 fully saturated rings. The summed E-state index contributed by atoms with van der Waals surface area (Å²) in [7, 11) is 0. The van der Waals surface area contributed by atoms with Crippen molar-refractivity contribution in [3.8, 4) is 0 Å². The third-order valence-corrected chi connectivity index (χ3v) is 4.14. The average Bonchev–Trinajstić information content (AvgIpc) is 2.37. The number of rotatable bonds is 8. The molecule has 0 bridgehead atoms. The van der Waals surface area contributed by atoms with E-state index in [4.69, 9.17) is 0 Å². The van der Waals surface area contributed by atoms with Crippen LogP contribution in [0.5, 0.6) is 0 Å². The molecule has 0 spiro atoms. The predicted octanol–water partition coefficient (Wildman–Crippen LogP) is 3.14. The minimum Gasteiger partial charge on any atom is -0.388 e. The third kappa shape index (κ3) is 8.12. The molecule has 1 unspecified atom stereocenters. The monoisotopic (exact) mass is 309 g/mol. The zero-order valence-electron chi connectivity index (χ0n) is 13.5. The molecule has 21 heavy (non-hydrogen) atoms. The molecule has 0 radical (unpaired) electrons. The fourth-order valence-corrected chi connectivity index (χ4v) is 3.06. The second kappa shape index (κ2) is 8.44. The maximum Gasteiger partial charge on any atom is 0.230 e. The van der Waals surface area contributed by atoms with Gasteiger partial charge in [-0.2, -0.15) is 0 Å². The van der Waals surface area contributed by atoms with Crippen LogP contribution in [0.1, 0.15) is 38.3 Å². The van der Waals surface area contributed by atoms with E-state index in [-0.39, 0.29) is 5.91 Å². The number of aliphatic hydroxyl groups is 1. The third-order valence-electron chi connectivity index (χ3n) is 3.14. The van der Waals surface area contributed by atoms with Crippen LogP contribution in [-0.2, 0) is 10.5 Å². The highest BCUT2D eigenvalue weighted by Crippen LogP contribution is 2.16. The number of amides is 1. The first-order valence-electron chi connectivity index (χ1n) is 7.41. The summed E-state index contributed by atoms with van der Waals surface area (Å²) in [5, 5.41) is 13.0. The maximum absolute atomic E-state index is 11.8. The van der Waals surface area contributed by atoms with Gasteiger partial charge in [-0.05, 0) is 31.7 Å². The van der Waals surface area contributed by atoms with Crippen LogP contribution in [0.4, 0.5) is 0 Å². The number of benzene rings is 1. The van der Waals surface area contributed by atoms with Crippen molar-refractivity contribution in [2.75, 3.05) is 12.3 Å². The number of carbonyl (C=O) groups is 1. The molecule has 118 valence electrons. The second-order valence-electron chi connectivity index (χ2n) is 6.35. The van der Waals surface area contributed by atoms with Gasteiger partial charge in [-0.25, -0.2) is 0 Å². The van der Waals surface area contributed by atoms with Crippen LogP contribution in [0, 0.1) is 12.8 Å². The Morgan fingerprint density at radius 3 is 2.52 bits per heavy atom. The molecule has 3 nitrogen and oxygen atoms in total. The van der Waals surface area contributed by atoms with E-state index in [0.717, 1.165) is 5.75 Å². The molecule has 1 amide bonds. The number of hydrogen-bond acceptors (Lipinski definition) is 3. The summed E-state index contributed by atoms with van der Waals surface area (Å²) in [5.41, 5.74) is 1.64. The number of thioether (sulfide) groups is 1. The maximum atomic E-state index is 11.8. The normalized spacial score (nSPS) is 14.0. The molecule has 0 aliphatic heterocycles. The Balaban J connectivity index is 2.23. The summed E-state index contributed by atoms with van der Waals surface area (Å²) in [6, 6.07) is 8.35. The fraction of sp³-hybridized carbons (Fsp3) is 0.588. The average molecular weight is 309 g/mol. The zero-order valence-corrected chi connectivity index (χ0v) is 14.3. The summed E-state index contributed by atoms with van der Waals surface area (Å²) in [6.07, 6.45) is 0.684. The van der Waals surface area contributed by atoms with Crippen molar-refractivity contribution in [3.63, 3.8) is 0 Å². The quantitative estimate of drug-likeness (QED) is 0.775. The molecule has 1 aromatic rings. The number of aryl methyl sites for hydroxylation is 1. The van der Waals surface area contributed by atoms with E-state index in [1.165, 1.54) is 11.1 Å². The molecular formula is C17H27NO2S. The minimum absolute atomic E-state index is 0.0175. The highest BCUT2D eigenvalue weighted by Gasteiger charge is 2.22. The molecule has 0 aliphatic rings. The van der Waals surface area contributed by atoms with Crippen molar-refractivity contribution in [2.24, 2.45) is 5.92 Å². The Morgan fingerprint density at radius 1 is 1.33 bits per heavy atom. The Labute approximate surface area is 132 Å². The van der Waals surface area contributed by atoms with Crippen LogP contribution in [-0.4, -0.2) is 28.9 Å². The molecule has 0 aliphatic carbocycles. The molecular weight excluding hydrogens is 282 g/mol. The molecule has 0 saturated carbocycles.